The number of hydrogen-bond acceptors (Lipinski definition) is 4. The largest absolute Gasteiger partial charge is 0.389 e. The number of nitriles is 2. The van der Waals surface area contributed by atoms with E-state index in [2.05, 4.69) is 17.6 Å². The molecule has 4 saturated carbocycles. The zero-order chi connectivity index (χ0) is 17.2. The highest BCUT2D eigenvalue weighted by Gasteiger charge is 2.53. The molecule has 0 aromatic rings. The maximum atomic E-state index is 12.4. The Morgan fingerprint density at radius 1 is 1.21 bits per heavy atom. The Balaban J connectivity index is 1.62. The van der Waals surface area contributed by atoms with Crippen LogP contribution in [-0.2, 0) is 4.79 Å². The number of nitrogens with one attached hydrogen (secondary N) is 2. The van der Waals surface area contributed by atoms with E-state index in [1.807, 2.05) is 12.1 Å². The van der Waals surface area contributed by atoms with Crippen molar-refractivity contribution in [3.8, 4) is 12.1 Å². The standard InChI is InChI=1S/C19H26N4O/c1-13(23-18(24)17(11-21)12-22-4-2-3-20)19-8-14-5-15(9-19)7-16(6-14)10-19/h12-16,22H,2,4-10H2,1H3,(H,23,24)/b17-12-. The van der Waals surface area contributed by atoms with Crippen LogP contribution in [0.15, 0.2) is 11.8 Å². The van der Waals surface area contributed by atoms with Crippen LogP contribution in [-0.4, -0.2) is 18.5 Å². The van der Waals surface area contributed by atoms with E-state index < -0.39 is 0 Å². The molecule has 24 heavy (non-hydrogen) atoms. The molecule has 2 N–H and O–H groups in total. The lowest BCUT2D eigenvalue weighted by molar-refractivity contribution is -0.122. The first-order chi connectivity index (χ1) is 11.6. The average Bonchev–Trinajstić information content (AvgIpc) is 2.53. The highest BCUT2D eigenvalue weighted by molar-refractivity contribution is 5.97. The van der Waals surface area contributed by atoms with Crippen LogP contribution in [0.25, 0.3) is 0 Å². The van der Waals surface area contributed by atoms with Crippen LogP contribution < -0.4 is 10.6 Å². The molecule has 5 nitrogen and oxygen atoms in total. The van der Waals surface area contributed by atoms with Crippen molar-refractivity contribution in [3.05, 3.63) is 11.8 Å². The topological polar surface area (TPSA) is 88.7 Å². The van der Waals surface area contributed by atoms with Gasteiger partial charge in [-0.05, 0) is 68.6 Å². The molecule has 1 atom stereocenters. The second kappa shape index (κ2) is 6.85. The first kappa shape index (κ1) is 16.8. The minimum atomic E-state index is -0.301. The Bertz CT molecular complexity index is 575. The van der Waals surface area contributed by atoms with E-state index in [0.717, 1.165) is 17.8 Å². The van der Waals surface area contributed by atoms with Gasteiger partial charge < -0.3 is 10.6 Å². The van der Waals surface area contributed by atoms with Gasteiger partial charge in [-0.3, -0.25) is 4.79 Å². The van der Waals surface area contributed by atoms with Gasteiger partial charge in [-0.1, -0.05) is 0 Å². The third-order valence-corrected chi connectivity index (χ3v) is 6.34. The number of amides is 1. The van der Waals surface area contributed by atoms with Crippen molar-refractivity contribution in [1.82, 2.24) is 10.6 Å². The van der Waals surface area contributed by atoms with Crippen LogP contribution in [0.2, 0.25) is 0 Å². The first-order valence-corrected chi connectivity index (χ1v) is 9.08. The molecule has 128 valence electrons. The summed E-state index contributed by atoms with van der Waals surface area (Å²) >= 11 is 0. The predicted octanol–water partition coefficient (Wildman–Crippen LogP) is 2.62. The predicted molar refractivity (Wildman–Crippen MR) is 90.1 cm³/mol. The van der Waals surface area contributed by atoms with E-state index >= 15 is 0 Å². The van der Waals surface area contributed by atoms with Crippen LogP contribution in [0.5, 0.6) is 0 Å². The second-order valence-corrected chi connectivity index (χ2v) is 8.01. The van der Waals surface area contributed by atoms with Crippen molar-refractivity contribution in [3.63, 3.8) is 0 Å². The molecule has 4 rings (SSSR count). The molecular weight excluding hydrogens is 300 g/mol. The summed E-state index contributed by atoms with van der Waals surface area (Å²) in [5.74, 6) is 2.22. The van der Waals surface area contributed by atoms with Crippen molar-refractivity contribution in [2.45, 2.75) is 57.9 Å². The zero-order valence-electron chi connectivity index (χ0n) is 14.3. The third-order valence-electron chi connectivity index (χ3n) is 6.34. The van der Waals surface area contributed by atoms with E-state index in [9.17, 15) is 10.1 Å². The van der Waals surface area contributed by atoms with E-state index in [1.54, 1.807) is 0 Å². The summed E-state index contributed by atoms with van der Waals surface area (Å²) in [4.78, 5) is 12.4. The molecule has 0 aromatic carbocycles. The van der Waals surface area contributed by atoms with Gasteiger partial charge in [-0.25, -0.2) is 0 Å². The molecule has 0 radical (unpaired) electrons. The summed E-state index contributed by atoms with van der Waals surface area (Å²) in [6.07, 6.45) is 9.61. The lowest BCUT2D eigenvalue weighted by atomic mass is 9.48. The fourth-order valence-electron chi connectivity index (χ4n) is 5.59. The van der Waals surface area contributed by atoms with Crippen LogP contribution in [0.4, 0.5) is 0 Å². The second-order valence-electron chi connectivity index (χ2n) is 8.01. The highest BCUT2D eigenvalue weighted by atomic mass is 16.1. The minimum absolute atomic E-state index is 0.0875. The average molecular weight is 326 g/mol. The Morgan fingerprint density at radius 3 is 2.29 bits per heavy atom. The van der Waals surface area contributed by atoms with Crippen molar-refractivity contribution >= 4 is 5.91 Å². The van der Waals surface area contributed by atoms with Crippen molar-refractivity contribution in [1.29, 1.82) is 10.5 Å². The fraction of sp³-hybridized carbons (Fsp3) is 0.737. The molecular formula is C19H26N4O. The Hall–Kier alpha value is -2.01. The van der Waals surface area contributed by atoms with Crippen LogP contribution in [0, 0.1) is 45.8 Å². The fourth-order valence-corrected chi connectivity index (χ4v) is 5.59. The van der Waals surface area contributed by atoms with Gasteiger partial charge >= 0.3 is 0 Å². The van der Waals surface area contributed by atoms with Crippen LogP contribution in [0.3, 0.4) is 0 Å². The van der Waals surface area contributed by atoms with Crippen molar-refractivity contribution in [2.75, 3.05) is 6.54 Å². The third kappa shape index (κ3) is 3.26. The Kier molecular flexibility index (Phi) is 4.81. The number of carbonyl (C=O) groups is 1. The van der Waals surface area contributed by atoms with E-state index in [4.69, 9.17) is 5.26 Å². The summed E-state index contributed by atoms with van der Waals surface area (Å²) in [7, 11) is 0. The van der Waals surface area contributed by atoms with Gasteiger partial charge in [0.1, 0.15) is 11.6 Å². The van der Waals surface area contributed by atoms with Crippen molar-refractivity contribution in [2.24, 2.45) is 23.2 Å². The number of nitrogens with zero attached hydrogens (tertiary/aromatic N) is 2. The van der Waals surface area contributed by atoms with Gasteiger partial charge in [0, 0.05) is 18.8 Å². The monoisotopic (exact) mass is 326 g/mol. The molecule has 4 aliphatic rings. The number of hydrogen-bond donors (Lipinski definition) is 2. The quantitative estimate of drug-likeness (QED) is 0.446. The zero-order valence-corrected chi connectivity index (χ0v) is 14.3. The molecule has 4 bridgehead atoms. The van der Waals surface area contributed by atoms with Crippen LogP contribution in [0.1, 0.15) is 51.9 Å². The summed E-state index contributed by atoms with van der Waals surface area (Å²) in [5.41, 5.74) is 0.323. The molecule has 0 aliphatic heterocycles. The van der Waals surface area contributed by atoms with Crippen LogP contribution >= 0.6 is 0 Å². The molecule has 1 amide bonds. The lowest BCUT2D eigenvalue weighted by Gasteiger charge is -2.59. The SMILES string of the molecule is CC(NC(=O)/C(C#N)=C\NCCC#N)C12CC3CC(CC(C3)C1)C2. The van der Waals surface area contributed by atoms with Gasteiger partial charge in [-0.15, -0.1) is 0 Å². The van der Waals surface area contributed by atoms with Gasteiger partial charge in [0.2, 0.25) is 0 Å². The first-order valence-electron chi connectivity index (χ1n) is 9.08. The number of rotatable bonds is 6. The van der Waals surface area contributed by atoms with Gasteiger partial charge in [0.05, 0.1) is 12.5 Å². The lowest BCUT2D eigenvalue weighted by Crippen LogP contribution is -2.56. The molecule has 0 aromatic heterocycles. The van der Waals surface area contributed by atoms with E-state index in [1.165, 1.54) is 44.7 Å². The van der Waals surface area contributed by atoms with Crippen molar-refractivity contribution < 1.29 is 4.79 Å². The van der Waals surface area contributed by atoms with Gasteiger partial charge in [-0.2, -0.15) is 10.5 Å². The molecule has 0 heterocycles. The maximum Gasteiger partial charge on any atom is 0.263 e. The van der Waals surface area contributed by atoms with Gasteiger partial charge in [0.25, 0.3) is 5.91 Å². The minimum Gasteiger partial charge on any atom is -0.389 e. The summed E-state index contributed by atoms with van der Waals surface area (Å²) in [6.45, 7) is 2.56. The Labute approximate surface area is 144 Å². The van der Waals surface area contributed by atoms with E-state index in [-0.39, 0.29) is 22.9 Å². The molecule has 1 unspecified atom stereocenters. The maximum absolute atomic E-state index is 12.4. The summed E-state index contributed by atoms with van der Waals surface area (Å²) in [5, 5.41) is 23.7. The molecule has 5 heteroatoms. The Morgan fingerprint density at radius 2 is 1.79 bits per heavy atom. The molecule has 0 spiro atoms. The molecule has 4 aliphatic carbocycles. The highest BCUT2D eigenvalue weighted by Crippen LogP contribution is 2.61. The normalized spacial score (nSPS) is 35.0. The smallest absolute Gasteiger partial charge is 0.263 e. The number of carbonyl (C=O) groups excluding carboxylic acids is 1. The molecule has 0 saturated heterocycles. The molecule has 4 fully saturated rings. The summed E-state index contributed by atoms with van der Waals surface area (Å²) in [6, 6.07) is 4.09. The summed E-state index contributed by atoms with van der Waals surface area (Å²) < 4.78 is 0. The van der Waals surface area contributed by atoms with Gasteiger partial charge in [0.15, 0.2) is 0 Å². The van der Waals surface area contributed by atoms with E-state index in [0.29, 0.717) is 13.0 Å².